The number of hydrogen-bond acceptors (Lipinski definition) is 2. The van der Waals surface area contributed by atoms with Crippen molar-refractivity contribution in [3.63, 3.8) is 0 Å². The quantitative estimate of drug-likeness (QED) is 0.743. The number of Topliss-reactive ketones (excluding diaryl/α,β-unsaturated/α-hetero) is 1. The number of benzene rings is 1. The van der Waals surface area contributed by atoms with Gasteiger partial charge in [0, 0.05) is 0 Å². The predicted octanol–water partition coefficient (Wildman–Crippen LogP) is 4.55. The summed E-state index contributed by atoms with van der Waals surface area (Å²) in [5.74, 6) is 1.71. The van der Waals surface area contributed by atoms with Gasteiger partial charge >= 0.3 is 0 Å². The smallest absolute Gasteiger partial charge is 0.163 e. The van der Waals surface area contributed by atoms with Crippen molar-refractivity contribution in [2.75, 3.05) is 0 Å². The Morgan fingerprint density at radius 2 is 1.95 bits per heavy atom. The molecule has 0 heterocycles. The number of carbonyl (C=O) groups is 1. The number of rotatable bonds is 4. The number of aryl methyl sites for hydroxylation is 1. The van der Waals surface area contributed by atoms with Gasteiger partial charge in [-0.05, 0) is 57.6 Å². The zero-order chi connectivity index (χ0) is 13.8. The third-order valence-electron chi connectivity index (χ3n) is 4.18. The van der Waals surface area contributed by atoms with Crippen LogP contribution in [0.15, 0.2) is 18.2 Å². The van der Waals surface area contributed by atoms with Crippen LogP contribution in [-0.2, 0) is 0 Å². The summed E-state index contributed by atoms with van der Waals surface area (Å²) in [5.41, 5.74) is 1.82. The average Bonchev–Trinajstić information content (AvgIpc) is 2.41. The van der Waals surface area contributed by atoms with E-state index in [1.807, 2.05) is 25.1 Å². The molecule has 0 bridgehead atoms. The monoisotopic (exact) mass is 260 g/mol. The molecule has 1 aliphatic carbocycles. The van der Waals surface area contributed by atoms with E-state index in [-0.39, 0.29) is 11.9 Å². The van der Waals surface area contributed by atoms with Crippen molar-refractivity contribution < 1.29 is 9.53 Å². The summed E-state index contributed by atoms with van der Waals surface area (Å²) < 4.78 is 6.07. The highest BCUT2D eigenvalue weighted by atomic mass is 16.5. The Balaban J connectivity index is 2.05. The fourth-order valence-electron chi connectivity index (χ4n) is 2.86. The second-order valence-corrected chi connectivity index (χ2v) is 5.72. The van der Waals surface area contributed by atoms with E-state index in [4.69, 9.17) is 4.74 Å². The topological polar surface area (TPSA) is 26.3 Å². The van der Waals surface area contributed by atoms with E-state index in [0.29, 0.717) is 0 Å². The lowest BCUT2D eigenvalue weighted by molar-refractivity contribution is 0.0993. The Morgan fingerprint density at radius 1 is 1.26 bits per heavy atom. The lowest BCUT2D eigenvalue weighted by atomic mass is 9.86. The maximum Gasteiger partial charge on any atom is 0.163 e. The first-order valence-corrected chi connectivity index (χ1v) is 7.38. The number of ether oxygens (including phenoxy) is 1. The first kappa shape index (κ1) is 14.1. The van der Waals surface area contributed by atoms with Crippen molar-refractivity contribution in [2.24, 2.45) is 5.92 Å². The van der Waals surface area contributed by atoms with E-state index in [1.54, 1.807) is 6.92 Å². The molecule has 0 amide bonds. The summed E-state index contributed by atoms with van der Waals surface area (Å²) in [4.78, 5) is 11.7. The summed E-state index contributed by atoms with van der Waals surface area (Å²) in [6.45, 7) is 5.87. The Bertz CT molecular complexity index is 443. The van der Waals surface area contributed by atoms with Crippen LogP contribution in [-0.4, -0.2) is 11.9 Å². The zero-order valence-electron chi connectivity index (χ0n) is 12.2. The van der Waals surface area contributed by atoms with Gasteiger partial charge in [-0.3, -0.25) is 4.79 Å². The van der Waals surface area contributed by atoms with Gasteiger partial charge in [0.1, 0.15) is 5.75 Å². The van der Waals surface area contributed by atoms with Gasteiger partial charge in [0.15, 0.2) is 5.78 Å². The molecular formula is C17H24O2. The van der Waals surface area contributed by atoms with Crippen LogP contribution in [0.25, 0.3) is 0 Å². The Hall–Kier alpha value is -1.31. The minimum Gasteiger partial charge on any atom is -0.490 e. The molecular weight excluding hydrogens is 236 g/mol. The molecule has 0 spiro atoms. The van der Waals surface area contributed by atoms with E-state index < -0.39 is 0 Å². The number of hydrogen-bond donors (Lipinski definition) is 0. The van der Waals surface area contributed by atoms with Crippen molar-refractivity contribution in [3.8, 4) is 5.75 Å². The molecule has 2 nitrogen and oxygen atoms in total. The molecule has 1 saturated carbocycles. The summed E-state index contributed by atoms with van der Waals surface area (Å²) in [7, 11) is 0. The molecule has 1 fully saturated rings. The summed E-state index contributed by atoms with van der Waals surface area (Å²) >= 11 is 0. The van der Waals surface area contributed by atoms with E-state index in [1.165, 1.54) is 19.3 Å². The fourth-order valence-corrected chi connectivity index (χ4v) is 2.86. The van der Waals surface area contributed by atoms with Gasteiger partial charge in [-0.2, -0.15) is 0 Å². The Labute approximate surface area is 116 Å². The molecule has 2 rings (SSSR count). The second kappa shape index (κ2) is 6.23. The highest BCUT2D eigenvalue weighted by molar-refractivity contribution is 5.97. The van der Waals surface area contributed by atoms with E-state index in [0.717, 1.165) is 35.6 Å². The summed E-state index contributed by atoms with van der Waals surface area (Å²) in [5, 5.41) is 0. The minimum atomic E-state index is 0.0842. The van der Waals surface area contributed by atoms with Crippen molar-refractivity contribution in [1.29, 1.82) is 0 Å². The molecule has 0 N–H and O–H groups in total. The Kier molecular flexibility index (Phi) is 4.62. The van der Waals surface area contributed by atoms with Crippen molar-refractivity contribution in [2.45, 2.75) is 59.0 Å². The van der Waals surface area contributed by atoms with Crippen molar-refractivity contribution >= 4 is 5.78 Å². The van der Waals surface area contributed by atoms with Crippen LogP contribution in [0.4, 0.5) is 0 Å². The predicted molar refractivity (Wildman–Crippen MR) is 77.8 cm³/mol. The average molecular weight is 260 g/mol. The molecule has 2 heteroatoms. The fraction of sp³-hybridized carbons (Fsp3) is 0.588. The molecule has 19 heavy (non-hydrogen) atoms. The van der Waals surface area contributed by atoms with Crippen LogP contribution in [0.1, 0.15) is 61.9 Å². The van der Waals surface area contributed by atoms with Crippen LogP contribution >= 0.6 is 0 Å². The first-order valence-electron chi connectivity index (χ1n) is 7.38. The summed E-state index contributed by atoms with van der Waals surface area (Å²) in [6.07, 6.45) is 6.29. The lowest BCUT2D eigenvalue weighted by Gasteiger charge is -2.28. The van der Waals surface area contributed by atoms with Crippen LogP contribution in [0.3, 0.4) is 0 Å². The minimum absolute atomic E-state index is 0.0842. The van der Waals surface area contributed by atoms with Gasteiger partial charge in [0.2, 0.25) is 0 Å². The van der Waals surface area contributed by atoms with Gasteiger partial charge < -0.3 is 4.74 Å². The van der Waals surface area contributed by atoms with Gasteiger partial charge in [0.25, 0.3) is 0 Å². The third-order valence-corrected chi connectivity index (χ3v) is 4.18. The molecule has 0 unspecified atom stereocenters. The molecule has 0 aliphatic heterocycles. The SMILES string of the molecule is CCC1CCC(Oc2ccc(C)cc2C(C)=O)CC1. The molecule has 0 aromatic heterocycles. The maximum absolute atomic E-state index is 11.7. The van der Waals surface area contributed by atoms with E-state index in [9.17, 15) is 4.79 Å². The molecule has 0 saturated heterocycles. The highest BCUT2D eigenvalue weighted by Crippen LogP contribution is 2.31. The zero-order valence-corrected chi connectivity index (χ0v) is 12.2. The molecule has 1 aromatic carbocycles. The largest absolute Gasteiger partial charge is 0.490 e. The van der Waals surface area contributed by atoms with Gasteiger partial charge in [0.05, 0.1) is 11.7 Å². The van der Waals surface area contributed by atoms with Gasteiger partial charge in [-0.15, -0.1) is 0 Å². The molecule has 0 atom stereocenters. The molecule has 104 valence electrons. The molecule has 1 aromatic rings. The molecule has 1 aliphatic rings. The number of ketones is 1. The van der Waals surface area contributed by atoms with Crippen molar-refractivity contribution in [1.82, 2.24) is 0 Å². The summed E-state index contributed by atoms with van der Waals surface area (Å²) in [6, 6.07) is 5.88. The third kappa shape index (κ3) is 3.59. The standard InChI is InChI=1S/C17H24O2/c1-4-14-6-8-15(9-7-14)19-17-10-5-12(2)11-16(17)13(3)18/h5,10-11,14-15H,4,6-9H2,1-3H3. The van der Waals surface area contributed by atoms with Gasteiger partial charge in [-0.25, -0.2) is 0 Å². The van der Waals surface area contributed by atoms with Gasteiger partial charge in [-0.1, -0.05) is 25.0 Å². The first-order chi connectivity index (χ1) is 9.10. The second-order valence-electron chi connectivity index (χ2n) is 5.72. The van der Waals surface area contributed by atoms with Crippen LogP contribution in [0.5, 0.6) is 5.75 Å². The maximum atomic E-state index is 11.7. The number of carbonyl (C=O) groups excluding carboxylic acids is 1. The Morgan fingerprint density at radius 3 is 2.53 bits per heavy atom. The lowest BCUT2D eigenvalue weighted by Crippen LogP contribution is -2.24. The highest BCUT2D eigenvalue weighted by Gasteiger charge is 2.22. The molecule has 0 radical (unpaired) electrons. The normalized spacial score (nSPS) is 23.1. The van der Waals surface area contributed by atoms with Crippen molar-refractivity contribution in [3.05, 3.63) is 29.3 Å². The van der Waals surface area contributed by atoms with E-state index >= 15 is 0 Å². The van der Waals surface area contributed by atoms with Crippen LogP contribution in [0, 0.1) is 12.8 Å². The van der Waals surface area contributed by atoms with Crippen LogP contribution in [0.2, 0.25) is 0 Å². The van der Waals surface area contributed by atoms with E-state index in [2.05, 4.69) is 6.92 Å². The van der Waals surface area contributed by atoms with Crippen LogP contribution < -0.4 is 4.74 Å².